The number of aliphatic hydroxyl groups excluding tert-OH is 1. The Morgan fingerprint density at radius 2 is 1.62 bits per heavy atom. The predicted octanol–water partition coefficient (Wildman–Crippen LogP) is 3.87. The number of aryl methyl sites for hydroxylation is 2. The molecule has 1 aliphatic rings. The summed E-state index contributed by atoms with van der Waals surface area (Å²) in [5.74, 6) is -4.07. The van der Waals surface area contributed by atoms with Gasteiger partial charge in [0.25, 0.3) is 0 Å². The van der Waals surface area contributed by atoms with Crippen LogP contribution < -0.4 is 0 Å². The van der Waals surface area contributed by atoms with Crippen molar-refractivity contribution in [2.45, 2.75) is 31.8 Å². The van der Waals surface area contributed by atoms with Crippen LogP contribution in [0.15, 0.2) is 30.3 Å². The van der Waals surface area contributed by atoms with Crippen molar-refractivity contribution in [3.05, 3.63) is 70.0 Å². The molecular formula is C17H15F3O. The Kier molecular flexibility index (Phi) is 3.72. The van der Waals surface area contributed by atoms with Crippen LogP contribution in [-0.4, -0.2) is 5.11 Å². The molecule has 110 valence electrons. The molecule has 1 aliphatic carbocycles. The second-order valence-electron chi connectivity index (χ2n) is 5.48. The molecule has 0 spiro atoms. The van der Waals surface area contributed by atoms with Crippen LogP contribution in [0.4, 0.5) is 13.2 Å². The number of aliphatic hydroxyl groups is 1. The molecule has 2 aromatic rings. The van der Waals surface area contributed by atoms with E-state index in [-0.39, 0.29) is 12.0 Å². The van der Waals surface area contributed by atoms with E-state index in [1.54, 1.807) is 0 Å². The fraction of sp³-hybridized carbons (Fsp3) is 0.294. The van der Waals surface area contributed by atoms with E-state index in [4.69, 9.17) is 0 Å². The molecule has 0 radical (unpaired) electrons. The molecule has 0 aromatic heterocycles. The Morgan fingerprint density at radius 1 is 0.952 bits per heavy atom. The maximum atomic E-state index is 13.2. The summed E-state index contributed by atoms with van der Waals surface area (Å²) in [7, 11) is 0. The zero-order valence-corrected chi connectivity index (χ0v) is 11.4. The summed E-state index contributed by atoms with van der Waals surface area (Å²) in [5, 5.41) is 10.1. The third kappa shape index (κ3) is 2.81. The highest BCUT2D eigenvalue weighted by Crippen LogP contribution is 2.26. The minimum atomic E-state index is -1.51. The van der Waals surface area contributed by atoms with E-state index in [1.165, 1.54) is 11.1 Å². The Labute approximate surface area is 121 Å². The van der Waals surface area contributed by atoms with Crippen molar-refractivity contribution < 1.29 is 18.3 Å². The minimum absolute atomic E-state index is 0.0481. The molecule has 0 saturated carbocycles. The minimum Gasteiger partial charge on any atom is -0.388 e. The first kappa shape index (κ1) is 14.1. The highest BCUT2D eigenvalue weighted by molar-refractivity contribution is 5.36. The van der Waals surface area contributed by atoms with Gasteiger partial charge in [-0.05, 0) is 53.6 Å². The molecule has 21 heavy (non-hydrogen) atoms. The molecule has 1 unspecified atom stereocenters. The van der Waals surface area contributed by atoms with E-state index in [0.717, 1.165) is 37.0 Å². The lowest BCUT2D eigenvalue weighted by Gasteiger charge is -2.13. The number of hydrogen-bond donors (Lipinski definition) is 1. The number of benzene rings is 2. The van der Waals surface area contributed by atoms with Crippen LogP contribution in [0.25, 0.3) is 0 Å². The van der Waals surface area contributed by atoms with Gasteiger partial charge in [-0.2, -0.15) is 0 Å². The summed E-state index contributed by atoms with van der Waals surface area (Å²) in [5.41, 5.74) is 3.56. The van der Waals surface area contributed by atoms with Crippen LogP contribution in [-0.2, 0) is 19.3 Å². The van der Waals surface area contributed by atoms with Gasteiger partial charge in [-0.1, -0.05) is 18.2 Å². The third-order valence-electron chi connectivity index (χ3n) is 3.98. The second-order valence-corrected chi connectivity index (χ2v) is 5.48. The van der Waals surface area contributed by atoms with E-state index >= 15 is 0 Å². The van der Waals surface area contributed by atoms with Crippen molar-refractivity contribution in [3.63, 3.8) is 0 Å². The van der Waals surface area contributed by atoms with Gasteiger partial charge in [0.2, 0.25) is 0 Å². The highest BCUT2D eigenvalue weighted by Gasteiger charge is 2.17. The maximum Gasteiger partial charge on any atom is 0.194 e. The zero-order chi connectivity index (χ0) is 15.0. The Hall–Kier alpha value is -1.81. The topological polar surface area (TPSA) is 20.2 Å². The average Bonchev–Trinajstić information content (AvgIpc) is 2.91. The smallest absolute Gasteiger partial charge is 0.194 e. The predicted molar refractivity (Wildman–Crippen MR) is 73.4 cm³/mol. The van der Waals surface area contributed by atoms with Crippen LogP contribution in [0, 0.1) is 17.5 Å². The number of hydrogen-bond acceptors (Lipinski definition) is 1. The molecule has 1 nitrogen and oxygen atoms in total. The van der Waals surface area contributed by atoms with Crippen molar-refractivity contribution in [2.24, 2.45) is 0 Å². The second kappa shape index (κ2) is 5.53. The summed E-state index contributed by atoms with van der Waals surface area (Å²) in [4.78, 5) is 0. The van der Waals surface area contributed by atoms with Crippen LogP contribution in [0.2, 0.25) is 0 Å². The van der Waals surface area contributed by atoms with Gasteiger partial charge >= 0.3 is 0 Å². The summed E-state index contributed by atoms with van der Waals surface area (Å²) >= 11 is 0. The SMILES string of the molecule is OC(Cc1ccc2c(c1)CCC2)c1cc(F)c(F)c(F)c1. The fourth-order valence-electron chi connectivity index (χ4n) is 2.86. The van der Waals surface area contributed by atoms with E-state index in [2.05, 4.69) is 0 Å². The van der Waals surface area contributed by atoms with Crippen molar-refractivity contribution in [1.82, 2.24) is 0 Å². The van der Waals surface area contributed by atoms with Crippen LogP contribution in [0.3, 0.4) is 0 Å². The first-order valence-corrected chi connectivity index (χ1v) is 6.98. The van der Waals surface area contributed by atoms with E-state index in [0.29, 0.717) is 0 Å². The summed E-state index contributed by atoms with van der Waals surface area (Å²) in [6.45, 7) is 0. The summed E-state index contributed by atoms with van der Waals surface area (Å²) in [6.07, 6.45) is 2.42. The van der Waals surface area contributed by atoms with Gasteiger partial charge in [0, 0.05) is 6.42 Å². The lowest BCUT2D eigenvalue weighted by Crippen LogP contribution is -2.05. The molecule has 3 rings (SSSR count). The molecule has 0 amide bonds. The van der Waals surface area contributed by atoms with E-state index in [1.807, 2.05) is 18.2 Å². The molecule has 0 fully saturated rings. The number of rotatable bonds is 3. The molecule has 0 aliphatic heterocycles. The van der Waals surface area contributed by atoms with Crippen LogP contribution in [0.1, 0.15) is 34.8 Å². The van der Waals surface area contributed by atoms with E-state index in [9.17, 15) is 18.3 Å². The number of fused-ring (bicyclic) bond motifs is 1. The molecule has 4 heteroatoms. The van der Waals surface area contributed by atoms with Gasteiger partial charge in [0.15, 0.2) is 17.5 Å². The fourth-order valence-corrected chi connectivity index (χ4v) is 2.86. The molecule has 1 N–H and O–H groups in total. The van der Waals surface area contributed by atoms with Gasteiger partial charge in [0.05, 0.1) is 6.10 Å². The van der Waals surface area contributed by atoms with Gasteiger partial charge < -0.3 is 5.11 Å². The van der Waals surface area contributed by atoms with Crippen molar-refractivity contribution in [2.75, 3.05) is 0 Å². The Balaban J connectivity index is 1.81. The van der Waals surface area contributed by atoms with Gasteiger partial charge in [-0.15, -0.1) is 0 Å². The lowest BCUT2D eigenvalue weighted by molar-refractivity contribution is 0.177. The molecule has 0 saturated heterocycles. The third-order valence-corrected chi connectivity index (χ3v) is 3.98. The standard InChI is InChI=1S/C17H15F3O/c18-14-8-13(9-15(19)17(14)20)16(21)7-10-4-5-11-2-1-3-12(11)6-10/h4-6,8-9,16,21H,1-3,7H2. The van der Waals surface area contributed by atoms with Gasteiger partial charge in [0.1, 0.15) is 0 Å². The average molecular weight is 292 g/mol. The normalized spacial score (nSPS) is 15.0. The largest absolute Gasteiger partial charge is 0.388 e. The summed E-state index contributed by atoms with van der Waals surface area (Å²) < 4.78 is 39.3. The zero-order valence-electron chi connectivity index (χ0n) is 11.4. The van der Waals surface area contributed by atoms with Crippen LogP contribution in [0.5, 0.6) is 0 Å². The molecule has 0 bridgehead atoms. The maximum absolute atomic E-state index is 13.2. The quantitative estimate of drug-likeness (QED) is 0.851. The highest BCUT2D eigenvalue weighted by atomic mass is 19.2. The summed E-state index contributed by atoms with van der Waals surface area (Å²) in [6, 6.07) is 7.68. The van der Waals surface area contributed by atoms with Crippen LogP contribution >= 0.6 is 0 Å². The Morgan fingerprint density at radius 3 is 2.33 bits per heavy atom. The Bertz CT molecular complexity index is 659. The van der Waals surface area contributed by atoms with Crippen molar-refractivity contribution in [3.8, 4) is 0 Å². The van der Waals surface area contributed by atoms with E-state index < -0.39 is 23.6 Å². The van der Waals surface area contributed by atoms with Crippen molar-refractivity contribution in [1.29, 1.82) is 0 Å². The molecule has 0 heterocycles. The monoisotopic (exact) mass is 292 g/mol. The molecular weight excluding hydrogens is 277 g/mol. The number of halogens is 3. The lowest BCUT2D eigenvalue weighted by atomic mass is 9.98. The van der Waals surface area contributed by atoms with Gasteiger partial charge in [-0.25, -0.2) is 13.2 Å². The molecule has 1 atom stereocenters. The van der Waals surface area contributed by atoms with Crippen molar-refractivity contribution >= 4 is 0 Å². The molecule has 2 aromatic carbocycles. The first-order chi connectivity index (χ1) is 10.0. The first-order valence-electron chi connectivity index (χ1n) is 6.98. The van der Waals surface area contributed by atoms with Gasteiger partial charge in [-0.3, -0.25) is 0 Å².